The molecule has 43 heavy (non-hydrogen) atoms. The van der Waals surface area contributed by atoms with Crippen molar-refractivity contribution >= 4 is 39.2 Å². The van der Waals surface area contributed by atoms with E-state index in [9.17, 15) is 13.2 Å². The van der Waals surface area contributed by atoms with E-state index >= 15 is 0 Å². The number of carbonyl (C=O) groups excluding carboxylic acids is 1. The molecule has 0 saturated carbocycles. The van der Waals surface area contributed by atoms with E-state index in [1.807, 2.05) is 17.9 Å². The smallest absolute Gasteiger partial charge is 0.344 e. The van der Waals surface area contributed by atoms with Crippen LogP contribution in [0.5, 0.6) is 0 Å². The summed E-state index contributed by atoms with van der Waals surface area (Å²) in [7, 11) is -3.14. The largest absolute Gasteiger partial charge is 0.371 e. The Bertz CT molecular complexity index is 1480. The van der Waals surface area contributed by atoms with E-state index in [1.165, 1.54) is 22.2 Å². The lowest BCUT2D eigenvalue weighted by molar-refractivity contribution is 0.0585. The van der Waals surface area contributed by atoms with Crippen LogP contribution in [0.3, 0.4) is 0 Å². The van der Waals surface area contributed by atoms with Gasteiger partial charge in [0.2, 0.25) is 10.0 Å². The van der Waals surface area contributed by atoms with Crippen LogP contribution in [-0.4, -0.2) is 95.9 Å². The summed E-state index contributed by atoms with van der Waals surface area (Å²) in [5.74, 6) is 0.623. The Labute approximate surface area is 260 Å². The monoisotopic (exact) mass is 629 g/mol. The summed E-state index contributed by atoms with van der Waals surface area (Å²) in [6, 6.07) is 8.00. The van der Waals surface area contributed by atoms with Gasteiger partial charge in [-0.3, -0.25) is 4.90 Å². The summed E-state index contributed by atoms with van der Waals surface area (Å²) in [6.45, 7) is 12.1. The van der Waals surface area contributed by atoms with Gasteiger partial charge in [0.05, 0.1) is 6.26 Å². The second kappa shape index (κ2) is 11.7. The molecule has 0 bridgehead atoms. The molecule has 2 spiro atoms. The Morgan fingerprint density at radius 1 is 1.02 bits per heavy atom. The zero-order valence-electron chi connectivity index (χ0n) is 25.4. The van der Waals surface area contributed by atoms with Gasteiger partial charge >= 0.3 is 6.03 Å². The molecule has 4 fully saturated rings. The Morgan fingerprint density at radius 3 is 2.42 bits per heavy atom. The number of sulfonamides is 1. The first-order valence-corrected chi connectivity index (χ1v) is 17.7. The molecule has 4 aliphatic rings. The van der Waals surface area contributed by atoms with Crippen LogP contribution in [0.15, 0.2) is 42.7 Å². The fourth-order valence-electron chi connectivity index (χ4n) is 7.76. The minimum atomic E-state index is -3.14. The third kappa shape index (κ3) is 6.32. The molecule has 0 atom stereocenters. The maximum Gasteiger partial charge on any atom is 0.344 e. The van der Waals surface area contributed by atoms with Gasteiger partial charge < -0.3 is 15.1 Å². The van der Waals surface area contributed by atoms with Crippen molar-refractivity contribution in [1.29, 1.82) is 0 Å². The molecule has 0 radical (unpaired) electrons. The maximum absolute atomic E-state index is 13.2. The lowest BCUT2D eigenvalue weighted by Gasteiger charge is -2.45. The first-order chi connectivity index (χ1) is 20.5. The number of halogens is 1. The molecule has 5 heterocycles. The Morgan fingerprint density at radius 2 is 1.74 bits per heavy atom. The number of allylic oxidation sites excluding steroid dienone is 1. The van der Waals surface area contributed by atoms with Crippen molar-refractivity contribution in [3.05, 3.63) is 53.3 Å². The quantitative estimate of drug-likeness (QED) is 0.489. The Kier molecular flexibility index (Phi) is 8.29. The molecule has 1 aromatic heterocycles. The SMILES string of the molecule is C=C(C)Nc1ccn(C(=O)N2CCC3(CCCN3Cc3ccc(Cl)cc3N3CCC4(CC3)CCN(S(C)(=O)=O)C4)CC2)n1. The van der Waals surface area contributed by atoms with Gasteiger partial charge in [-0.2, -0.15) is 4.68 Å². The molecule has 6 rings (SSSR count). The number of nitrogens with one attached hydrogen (secondary N) is 1. The maximum atomic E-state index is 13.2. The number of anilines is 2. The summed E-state index contributed by atoms with van der Waals surface area (Å²) in [4.78, 5) is 20.2. The molecule has 234 valence electrons. The van der Waals surface area contributed by atoms with Gasteiger partial charge in [0.15, 0.2) is 5.82 Å². The van der Waals surface area contributed by atoms with Crippen LogP contribution >= 0.6 is 11.6 Å². The van der Waals surface area contributed by atoms with Gasteiger partial charge in [0.25, 0.3) is 0 Å². The van der Waals surface area contributed by atoms with Gasteiger partial charge in [0, 0.05) is 80.0 Å². The van der Waals surface area contributed by atoms with Crippen molar-refractivity contribution in [3.8, 4) is 0 Å². The lowest BCUT2D eigenvalue weighted by Crippen LogP contribution is -2.53. The molecule has 10 nitrogen and oxygen atoms in total. The predicted octanol–water partition coefficient (Wildman–Crippen LogP) is 4.83. The lowest BCUT2D eigenvalue weighted by atomic mass is 9.77. The molecule has 1 aromatic carbocycles. The van der Waals surface area contributed by atoms with Crippen molar-refractivity contribution in [3.63, 3.8) is 0 Å². The zero-order valence-corrected chi connectivity index (χ0v) is 27.0. The van der Waals surface area contributed by atoms with Gasteiger partial charge in [-0.15, -0.1) is 5.10 Å². The number of rotatable bonds is 6. The first kappa shape index (κ1) is 30.4. The molecule has 0 aliphatic carbocycles. The zero-order chi connectivity index (χ0) is 30.4. The number of carbonyl (C=O) groups is 1. The Hall–Kier alpha value is -2.60. The number of amides is 1. The first-order valence-electron chi connectivity index (χ1n) is 15.5. The number of aromatic nitrogens is 2. The van der Waals surface area contributed by atoms with Crippen LogP contribution < -0.4 is 10.2 Å². The van der Waals surface area contributed by atoms with Gasteiger partial charge in [-0.05, 0) is 81.5 Å². The highest BCUT2D eigenvalue weighted by atomic mass is 35.5. The van der Waals surface area contributed by atoms with Gasteiger partial charge in [-0.25, -0.2) is 17.5 Å². The molecule has 1 amide bonds. The summed E-state index contributed by atoms with van der Waals surface area (Å²) in [5.41, 5.74) is 3.45. The van der Waals surface area contributed by atoms with E-state index in [1.54, 1.807) is 16.6 Å². The van der Waals surface area contributed by atoms with Crippen LogP contribution in [0.25, 0.3) is 0 Å². The molecular weight excluding hydrogens is 586 g/mol. The van der Waals surface area contributed by atoms with E-state index in [4.69, 9.17) is 11.6 Å². The van der Waals surface area contributed by atoms with E-state index in [2.05, 4.69) is 38.9 Å². The third-order valence-corrected chi connectivity index (χ3v) is 11.8. The second-order valence-corrected chi connectivity index (χ2v) is 15.6. The fourth-order valence-corrected chi connectivity index (χ4v) is 8.86. The van der Waals surface area contributed by atoms with Crippen LogP contribution in [0.4, 0.5) is 16.3 Å². The van der Waals surface area contributed by atoms with Crippen LogP contribution in [0.2, 0.25) is 5.02 Å². The van der Waals surface area contributed by atoms with Crippen LogP contribution in [-0.2, 0) is 16.6 Å². The average molecular weight is 630 g/mol. The van der Waals surface area contributed by atoms with Crippen molar-refractivity contribution in [2.24, 2.45) is 5.41 Å². The number of likely N-dealkylation sites (tertiary alicyclic amines) is 2. The second-order valence-electron chi connectivity index (χ2n) is 13.2. The van der Waals surface area contributed by atoms with E-state index < -0.39 is 10.0 Å². The molecule has 0 unspecified atom stereocenters. The van der Waals surface area contributed by atoms with Crippen molar-refractivity contribution < 1.29 is 13.2 Å². The summed E-state index contributed by atoms with van der Waals surface area (Å²) in [5, 5.41) is 8.19. The van der Waals surface area contributed by atoms with Crippen LogP contribution in [0.1, 0.15) is 57.4 Å². The highest BCUT2D eigenvalue weighted by molar-refractivity contribution is 7.88. The van der Waals surface area contributed by atoms with Crippen LogP contribution in [0, 0.1) is 5.41 Å². The minimum absolute atomic E-state index is 0.0843. The topological polar surface area (TPSA) is 94.0 Å². The predicted molar refractivity (Wildman–Crippen MR) is 171 cm³/mol. The molecular formula is C31H44ClN7O3S. The normalized spacial score (nSPS) is 22.5. The Balaban J connectivity index is 1.10. The van der Waals surface area contributed by atoms with Gasteiger partial charge in [0.1, 0.15) is 0 Å². The van der Waals surface area contributed by atoms with E-state index in [0.717, 1.165) is 81.8 Å². The molecule has 4 saturated heterocycles. The third-order valence-electron chi connectivity index (χ3n) is 10.3. The molecule has 1 N–H and O–H groups in total. The number of benzene rings is 1. The molecule has 12 heteroatoms. The highest BCUT2D eigenvalue weighted by Gasteiger charge is 2.45. The standard InChI is InChI=1S/C31H44ClN7O3S/c1-24(2)33-28-7-15-39(34-28)29(40)36-18-12-31(13-19-36)8-4-14-37(31)22-25-5-6-26(32)21-27(25)35-16-9-30(10-17-35)11-20-38(23-30)43(3,41)42/h5-7,15,21H,1,4,8-14,16-20,22-23H2,2-3H3,(H,33,34). The highest BCUT2D eigenvalue weighted by Crippen LogP contribution is 2.44. The summed E-state index contributed by atoms with van der Waals surface area (Å²) < 4.78 is 27.4. The van der Waals surface area contributed by atoms with Gasteiger partial charge in [-0.1, -0.05) is 24.2 Å². The van der Waals surface area contributed by atoms with Crippen molar-refractivity contribution in [1.82, 2.24) is 23.9 Å². The number of piperidine rings is 2. The van der Waals surface area contributed by atoms with Crippen molar-refractivity contribution in [2.75, 3.05) is 62.3 Å². The molecule has 4 aliphatic heterocycles. The summed E-state index contributed by atoms with van der Waals surface area (Å²) >= 11 is 6.54. The number of hydrogen-bond acceptors (Lipinski definition) is 7. The number of nitrogens with zero attached hydrogens (tertiary/aromatic N) is 6. The minimum Gasteiger partial charge on any atom is -0.371 e. The number of hydrogen-bond donors (Lipinski definition) is 1. The molecule has 2 aromatic rings. The summed E-state index contributed by atoms with van der Waals surface area (Å²) in [6.07, 6.45) is 10.2. The average Bonchev–Trinajstić information content (AvgIpc) is 3.70. The van der Waals surface area contributed by atoms with E-state index in [-0.39, 0.29) is 17.0 Å². The van der Waals surface area contributed by atoms with E-state index in [0.29, 0.717) is 32.0 Å². The van der Waals surface area contributed by atoms with Crippen molar-refractivity contribution in [2.45, 2.75) is 64.0 Å². The fraction of sp³-hybridized carbons (Fsp3) is 0.613.